The molecule has 1 aromatic rings. The van der Waals surface area contributed by atoms with Crippen LogP contribution in [0.1, 0.15) is 25.0 Å². The molecule has 1 saturated heterocycles. The minimum atomic E-state index is -0.738. The Balaban J connectivity index is 2.33. The number of hydrogen-bond donors (Lipinski definition) is 2. The second-order valence-electron chi connectivity index (χ2n) is 5.84. The highest BCUT2D eigenvalue weighted by Gasteiger charge is 2.32. The molecule has 112 valence electrons. The molecule has 0 saturated carbocycles. The zero-order valence-corrected chi connectivity index (χ0v) is 12.3. The van der Waals surface area contributed by atoms with Crippen molar-refractivity contribution >= 4 is 5.69 Å². The van der Waals surface area contributed by atoms with E-state index in [9.17, 15) is 14.6 Å². The molecule has 0 bridgehead atoms. The van der Waals surface area contributed by atoms with Crippen LogP contribution in [0.3, 0.4) is 0 Å². The maximum Gasteiger partial charge on any atom is 0.123 e. The van der Waals surface area contributed by atoms with Gasteiger partial charge in [0.25, 0.3) is 0 Å². The highest BCUT2D eigenvalue weighted by atomic mass is 19.1. The monoisotopic (exact) mass is 282 g/mol. The zero-order valence-electron chi connectivity index (χ0n) is 12.3. The second-order valence-corrected chi connectivity index (χ2v) is 5.84. The Morgan fingerprint density at radius 2 is 2.15 bits per heavy atom. The van der Waals surface area contributed by atoms with Crippen LogP contribution in [-0.4, -0.2) is 54.4 Å². The number of likely N-dealkylation sites (N-methyl/N-ethyl adjacent to an activating group) is 1. The van der Waals surface area contributed by atoms with Crippen LogP contribution in [0.15, 0.2) is 18.2 Å². The van der Waals surface area contributed by atoms with Crippen molar-refractivity contribution < 1.29 is 14.6 Å². The number of aliphatic hydroxyl groups excluding tert-OH is 2. The Kier molecular flexibility index (Phi) is 4.62. The molecule has 20 heavy (non-hydrogen) atoms. The predicted molar refractivity (Wildman–Crippen MR) is 77.3 cm³/mol. The third-order valence-electron chi connectivity index (χ3n) is 3.72. The molecule has 1 aliphatic heterocycles. The largest absolute Gasteiger partial charge is 0.391 e. The lowest BCUT2D eigenvalue weighted by molar-refractivity contribution is 0.191. The third-order valence-corrected chi connectivity index (χ3v) is 3.72. The molecule has 2 N–H and O–H groups in total. The summed E-state index contributed by atoms with van der Waals surface area (Å²) in [6.07, 6.45) is -0.431. The van der Waals surface area contributed by atoms with Gasteiger partial charge in [-0.15, -0.1) is 0 Å². The van der Waals surface area contributed by atoms with Crippen LogP contribution < -0.4 is 4.90 Å². The van der Waals surface area contributed by atoms with E-state index in [0.29, 0.717) is 18.5 Å². The summed E-state index contributed by atoms with van der Waals surface area (Å²) in [6, 6.07) is 4.64. The van der Waals surface area contributed by atoms with Crippen LogP contribution in [0.5, 0.6) is 0 Å². The first-order chi connectivity index (χ1) is 9.38. The molecule has 0 aromatic heterocycles. The van der Waals surface area contributed by atoms with Crippen molar-refractivity contribution in [3.63, 3.8) is 0 Å². The Morgan fingerprint density at radius 1 is 1.45 bits per heavy atom. The van der Waals surface area contributed by atoms with Gasteiger partial charge in [-0.3, -0.25) is 0 Å². The van der Waals surface area contributed by atoms with E-state index in [-0.39, 0.29) is 18.0 Å². The Hall–Kier alpha value is -1.17. The molecule has 1 aromatic carbocycles. The molecular weight excluding hydrogens is 259 g/mol. The first kappa shape index (κ1) is 15.2. The number of benzene rings is 1. The molecule has 5 heteroatoms. The minimum absolute atomic E-state index is 0.169. The van der Waals surface area contributed by atoms with Gasteiger partial charge in [0.1, 0.15) is 5.82 Å². The van der Waals surface area contributed by atoms with Crippen molar-refractivity contribution in [1.29, 1.82) is 0 Å². The first-order valence-electron chi connectivity index (χ1n) is 6.95. The minimum Gasteiger partial charge on any atom is -0.391 e. The Bertz CT molecular complexity index is 465. The van der Waals surface area contributed by atoms with E-state index >= 15 is 0 Å². The van der Waals surface area contributed by atoms with E-state index in [0.717, 1.165) is 12.2 Å². The standard InChI is InChI=1S/C15H23FN2O2/c1-10(19)14-6-11(16)4-5-15(14)18-9-13(20)7-12(18)8-17(2)3/h4-6,10,12-13,19-20H,7-9H2,1-3H3. The molecule has 3 unspecified atom stereocenters. The van der Waals surface area contributed by atoms with E-state index < -0.39 is 6.10 Å². The maximum atomic E-state index is 13.4. The van der Waals surface area contributed by atoms with Gasteiger partial charge in [0.05, 0.1) is 12.2 Å². The van der Waals surface area contributed by atoms with Gasteiger partial charge < -0.3 is 20.0 Å². The first-order valence-corrected chi connectivity index (χ1v) is 6.95. The number of halogens is 1. The van der Waals surface area contributed by atoms with Crippen molar-refractivity contribution in [2.75, 3.05) is 32.1 Å². The van der Waals surface area contributed by atoms with E-state index in [1.807, 2.05) is 14.1 Å². The second kappa shape index (κ2) is 6.08. The summed E-state index contributed by atoms with van der Waals surface area (Å²) < 4.78 is 13.4. The molecule has 1 heterocycles. The van der Waals surface area contributed by atoms with Crippen LogP contribution in [0.2, 0.25) is 0 Å². The van der Waals surface area contributed by atoms with E-state index in [1.165, 1.54) is 12.1 Å². The van der Waals surface area contributed by atoms with Gasteiger partial charge in [0.15, 0.2) is 0 Å². The van der Waals surface area contributed by atoms with Crippen molar-refractivity contribution in [3.05, 3.63) is 29.6 Å². The topological polar surface area (TPSA) is 46.9 Å². The van der Waals surface area contributed by atoms with Crippen LogP contribution in [-0.2, 0) is 0 Å². The fraction of sp³-hybridized carbons (Fsp3) is 0.600. The third kappa shape index (κ3) is 3.29. The Labute approximate surface area is 119 Å². The van der Waals surface area contributed by atoms with Gasteiger partial charge in [-0.1, -0.05) is 0 Å². The van der Waals surface area contributed by atoms with Crippen molar-refractivity contribution in [2.45, 2.75) is 31.6 Å². The summed E-state index contributed by atoms with van der Waals surface area (Å²) in [5.74, 6) is -0.353. The number of rotatable bonds is 4. The molecule has 1 fully saturated rings. The summed E-state index contributed by atoms with van der Waals surface area (Å²) in [7, 11) is 3.98. The average molecular weight is 282 g/mol. The smallest absolute Gasteiger partial charge is 0.123 e. The molecule has 2 rings (SSSR count). The van der Waals surface area contributed by atoms with Crippen molar-refractivity contribution in [3.8, 4) is 0 Å². The Morgan fingerprint density at radius 3 is 2.75 bits per heavy atom. The highest BCUT2D eigenvalue weighted by molar-refractivity contribution is 5.56. The molecule has 0 aliphatic carbocycles. The van der Waals surface area contributed by atoms with Crippen LogP contribution in [0.4, 0.5) is 10.1 Å². The lowest BCUT2D eigenvalue weighted by Crippen LogP contribution is -2.38. The van der Waals surface area contributed by atoms with Gasteiger partial charge in [-0.2, -0.15) is 0 Å². The quantitative estimate of drug-likeness (QED) is 0.876. The summed E-state index contributed by atoms with van der Waals surface area (Å²) in [5.41, 5.74) is 1.38. The van der Waals surface area contributed by atoms with Crippen LogP contribution >= 0.6 is 0 Å². The normalized spacial score (nSPS) is 24.4. The lowest BCUT2D eigenvalue weighted by Gasteiger charge is -2.31. The van der Waals surface area contributed by atoms with Crippen molar-refractivity contribution in [1.82, 2.24) is 4.90 Å². The summed E-state index contributed by atoms with van der Waals surface area (Å²) >= 11 is 0. The highest BCUT2D eigenvalue weighted by Crippen LogP contribution is 2.33. The van der Waals surface area contributed by atoms with Gasteiger partial charge in [-0.05, 0) is 45.6 Å². The SMILES string of the molecule is CC(O)c1cc(F)ccc1N1CC(O)CC1CN(C)C. The zero-order chi connectivity index (χ0) is 14.9. The van der Waals surface area contributed by atoms with Gasteiger partial charge in [0, 0.05) is 30.4 Å². The molecule has 1 aliphatic rings. The fourth-order valence-electron chi connectivity index (χ4n) is 2.90. The number of β-amino-alcohol motifs (C(OH)–C–C–N with tert-alkyl or cyclic N) is 1. The van der Waals surface area contributed by atoms with Gasteiger partial charge in [0.2, 0.25) is 0 Å². The number of aliphatic hydroxyl groups is 2. The number of anilines is 1. The van der Waals surface area contributed by atoms with Crippen LogP contribution in [0.25, 0.3) is 0 Å². The lowest BCUT2D eigenvalue weighted by atomic mass is 10.1. The van der Waals surface area contributed by atoms with Crippen molar-refractivity contribution in [2.24, 2.45) is 0 Å². The van der Waals surface area contributed by atoms with E-state index in [1.54, 1.807) is 13.0 Å². The maximum absolute atomic E-state index is 13.4. The fourth-order valence-corrected chi connectivity index (χ4v) is 2.90. The summed E-state index contributed by atoms with van der Waals surface area (Å²) in [5, 5.41) is 19.8. The number of nitrogens with zero attached hydrogens (tertiary/aromatic N) is 2. The molecule has 0 spiro atoms. The molecular formula is C15H23FN2O2. The molecule has 0 radical (unpaired) electrons. The molecule has 4 nitrogen and oxygen atoms in total. The van der Waals surface area contributed by atoms with Gasteiger partial charge >= 0.3 is 0 Å². The molecule has 0 amide bonds. The molecule has 3 atom stereocenters. The van der Waals surface area contributed by atoms with E-state index in [2.05, 4.69) is 9.80 Å². The van der Waals surface area contributed by atoms with Gasteiger partial charge in [-0.25, -0.2) is 4.39 Å². The number of hydrogen-bond acceptors (Lipinski definition) is 4. The average Bonchev–Trinajstić information content (AvgIpc) is 2.69. The van der Waals surface area contributed by atoms with Crippen LogP contribution in [0, 0.1) is 5.82 Å². The van der Waals surface area contributed by atoms with E-state index in [4.69, 9.17) is 0 Å². The summed E-state index contributed by atoms with van der Waals surface area (Å²) in [4.78, 5) is 4.15. The predicted octanol–water partition coefficient (Wildman–Crippen LogP) is 1.38. The summed E-state index contributed by atoms with van der Waals surface area (Å²) in [6.45, 7) is 2.96.